The minimum Gasteiger partial charge on any atom is -0.382 e. The van der Waals surface area contributed by atoms with Crippen molar-refractivity contribution in [3.05, 3.63) is 42.1 Å². The van der Waals surface area contributed by atoms with E-state index in [0.29, 0.717) is 5.69 Å². The number of hydrogen-bond acceptors (Lipinski definition) is 3. The molecule has 0 saturated carbocycles. The van der Waals surface area contributed by atoms with Gasteiger partial charge in [-0.1, -0.05) is 6.07 Å². The number of carbonyl (C=O) groups excluding carboxylic acids is 1. The lowest BCUT2D eigenvalue weighted by Crippen LogP contribution is -2.28. The van der Waals surface area contributed by atoms with Crippen LogP contribution in [-0.2, 0) is 7.05 Å². The number of aryl methyl sites for hydroxylation is 1. The van der Waals surface area contributed by atoms with Crippen molar-refractivity contribution in [1.82, 2.24) is 9.55 Å². The van der Waals surface area contributed by atoms with Crippen molar-refractivity contribution in [3.8, 4) is 0 Å². The Morgan fingerprint density at radius 1 is 1.50 bits per heavy atom. The predicted molar refractivity (Wildman–Crippen MR) is 66.8 cm³/mol. The third-order valence-electron chi connectivity index (χ3n) is 2.67. The molecule has 1 aromatic heterocycles. The Morgan fingerprint density at radius 2 is 2.22 bits per heavy atom. The molecule has 6 heteroatoms. The fraction of sp³-hybridized carbons (Fsp3) is 0.167. The van der Waals surface area contributed by atoms with Crippen LogP contribution in [0.3, 0.4) is 0 Å². The lowest BCUT2D eigenvalue weighted by molar-refractivity contribution is 0.0986. The van der Waals surface area contributed by atoms with E-state index in [1.165, 1.54) is 27.9 Å². The van der Waals surface area contributed by atoms with Crippen LogP contribution in [0.5, 0.6) is 0 Å². The highest BCUT2D eigenvalue weighted by Gasteiger charge is 2.20. The Labute approximate surface area is 104 Å². The number of nitrogens with zero attached hydrogens (tertiary/aromatic N) is 3. The molecule has 2 N–H and O–H groups in total. The van der Waals surface area contributed by atoms with Gasteiger partial charge in [0.15, 0.2) is 11.5 Å². The summed E-state index contributed by atoms with van der Waals surface area (Å²) in [6.07, 6.45) is 1.46. The van der Waals surface area contributed by atoms with Crippen LogP contribution in [0.4, 0.5) is 15.9 Å². The molecule has 1 amide bonds. The molecule has 18 heavy (non-hydrogen) atoms. The first-order chi connectivity index (χ1) is 8.50. The first kappa shape index (κ1) is 12.1. The van der Waals surface area contributed by atoms with E-state index in [4.69, 9.17) is 5.73 Å². The second-order valence-corrected chi connectivity index (χ2v) is 3.93. The summed E-state index contributed by atoms with van der Waals surface area (Å²) in [5.74, 6) is -0.575. The van der Waals surface area contributed by atoms with E-state index in [9.17, 15) is 9.18 Å². The van der Waals surface area contributed by atoms with Crippen LogP contribution < -0.4 is 10.6 Å². The molecule has 0 unspecified atom stereocenters. The Kier molecular flexibility index (Phi) is 3.01. The Hall–Kier alpha value is -2.37. The first-order valence-electron chi connectivity index (χ1n) is 5.31. The minimum absolute atomic E-state index is 0.158. The molecule has 0 fully saturated rings. The zero-order valence-corrected chi connectivity index (χ0v) is 10.1. The maximum Gasteiger partial charge on any atom is 0.278 e. The number of aromatic nitrogens is 2. The average Bonchev–Trinajstić information content (AvgIpc) is 2.67. The summed E-state index contributed by atoms with van der Waals surface area (Å²) in [6.45, 7) is 0. The molecule has 2 rings (SSSR count). The van der Waals surface area contributed by atoms with E-state index in [0.717, 1.165) is 0 Å². The highest BCUT2D eigenvalue weighted by Crippen LogP contribution is 2.18. The number of imidazole rings is 1. The summed E-state index contributed by atoms with van der Waals surface area (Å²) < 4.78 is 14.6. The van der Waals surface area contributed by atoms with Gasteiger partial charge in [0, 0.05) is 19.8 Å². The van der Waals surface area contributed by atoms with Crippen molar-refractivity contribution in [1.29, 1.82) is 0 Å². The fourth-order valence-corrected chi connectivity index (χ4v) is 1.67. The summed E-state index contributed by atoms with van der Waals surface area (Å²) in [7, 11) is 3.24. The lowest BCUT2D eigenvalue weighted by atomic mass is 10.2. The molecule has 0 aliphatic carbocycles. The van der Waals surface area contributed by atoms with Gasteiger partial charge in [-0.15, -0.1) is 0 Å². The first-order valence-corrected chi connectivity index (χ1v) is 5.31. The summed E-state index contributed by atoms with van der Waals surface area (Å²) in [4.78, 5) is 17.4. The largest absolute Gasteiger partial charge is 0.382 e. The highest BCUT2D eigenvalue weighted by atomic mass is 19.1. The summed E-state index contributed by atoms with van der Waals surface area (Å²) >= 11 is 0. The van der Waals surface area contributed by atoms with Crippen LogP contribution >= 0.6 is 0 Å². The summed E-state index contributed by atoms with van der Waals surface area (Å²) in [5.41, 5.74) is 6.37. The van der Waals surface area contributed by atoms with Crippen LogP contribution in [0.15, 0.2) is 30.6 Å². The fourth-order valence-electron chi connectivity index (χ4n) is 1.67. The van der Waals surface area contributed by atoms with Crippen LogP contribution in [0.25, 0.3) is 0 Å². The van der Waals surface area contributed by atoms with E-state index in [1.807, 2.05) is 0 Å². The van der Waals surface area contributed by atoms with Crippen molar-refractivity contribution < 1.29 is 9.18 Å². The molecule has 0 bridgehead atoms. The molecular formula is C12H13FN4O. The lowest BCUT2D eigenvalue weighted by Gasteiger charge is -2.17. The van der Waals surface area contributed by atoms with E-state index < -0.39 is 5.82 Å². The molecule has 0 aliphatic heterocycles. The SMILES string of the molecule is CN(C(=O)c1c(N)ncn1C)c1cccc(F)c1. The number of amides is 1. The van der Waals surface area contributed by atoms with Gasteiger partial charge in [0.1, 0.15) is 5.82 Å². The zero-order valence-electron chi connectivity index (χ0n) is 10.1. The molecule has 94 valence electrons. The van der Waals surface area contributed by atoms with E-state index in [1.54, 1.807) is 26.2 Å². The molecule has 2 aromatic rings. The second-order valence-electron chi connectivity index (χ2n) is 3.93. The zero-order chi connectivity index (χ0) is 13.3. The highest BCUT2D eigenvalue weighted by molar-refractivity contribution is 6.07. The Balaban J connectivity index is 2.35. The van der Waals surface area contributed by atoms with Gasteiger partial charge in [0.25, 0.3) is 5.91 Å². The maximum absolute atomic E-state index is 13.1. The summed E-state index contributed by atoms with van der Waals surface area (Å²) in [5, 5.41) is 0. The summed E-state index contributed by atoms with van der Waals surface area (Å²) in [6, 6.07) is 5.79. The molecule has 5 nitrogen and oxygen atoms in total. The predicted octanol–water partition coefficient (Wildman–Crippen LogP) is 1.42. The van der Waals surface area contributed by atoms with Gasteiger partial charge in [-0.05, 0) is 18.2 Å². The average molecular weight is 248 g/mol. The van der Waals surface area contributed by atoms with Crippen molar-refractivity contribution in [2.45, 2.75) is 0 Å². The topological polar surface area (TPSA) is 64.2 Å². The molecule has 1 aromatic carbocycles. The van der Waals surface area contributed by atoms with Gasteiger partial charge in [-0.25, -0.2) is 9.37 Å². The molecular weight excluding hydrogens is 235 g/mol. The molecule has 0 atom stereocenters. The standard InChI is InChI=1S/C12H13FN4O/c1-16-7-15-11(14)10(16)12(18)17(2)9-5-3-4-8(13)6-9/h3-7H,14H2,1-2H3. The van der Waals surface area contributed by atoms with Crippen molar-refractivity contribution in [2.24, 2.45) is 7.05 Å². The number of carbonyl (C=O) groups is 1. The van der Waals surface area contributed by atoms with Crippen LogP contribution in [0.2, 0.25) is 0 Å². The number of halogens is 1. The van der Waals surface area contributed by atoms with E-state index >= 15 is 0 Å². The smallest absolute Gasteiger partial charge is 0.278 e. The van der Waals surface area contributed by atoms with E-state index in [2.05, 4.69) is 4.98 Å². The number of nitrogens with two attached hydrogens (primary N) is 1. The van der Waals surface area contributed by atoms with Gasteiger partial charge < -0.3 is 15.2 Å². The number of anilines is 2. The Bertz CT molecular complexity index is 574. The molecule has 0 saturated heterocycles. The third kappa shape index (κ3) is 2.04. The van der Waals surface area contributed by atoms with Gasteiger partial charge in [0.2, 0.25) is 0 Å². The van der Waals surface area contributed by atoms with Gasteiger partial charge in [-0.2, -0.15) is 0 Å². The number of rotatable bonds is 2. The number of benzene rings is 1. The van der Waals surface area contributed by atoms with E-state index in [-0.39, 0.29) is 17.4 Å². The Morgan fingerprint density at radius 3 is 2.78 bits per heavy atom. The monoisotopic (exact) mass is 248 g/mol. The third-order valence-corrected chi connectivity index (χ3v) is 2.67. The van der Waals surface area contributed by atoms with Crippen molar-refractivity contribution in [2.75, 3.05) is 17.7 Å². The number of hydrogen-bond donors (Lipinski definition) is 1. The molecule has 0 spiro atoms. The van der Waals surface area contributed by atoms with Crippen LogP contribution in [0.1, 0.15) is 10.5 Å². The van der Waals surface area contributed by atoms with Crippen molar-refractivity contribution in [3.63, 3.8) is 0 Å². The second kappa shape index (κ2) is 4.48. The molecule has 1 heterocycles. The minimum atomic E-state index is -0.398. The number of nitrogen functional groups attached to an aromatic ring is 1. The normalized spacial score (nSPS) is 10.4. The quantitative estimate of drug-likeness (QED) is 0.874. The van der Waals surface area contributed by atoms with Gasteiger partial charge in [0.05, 0.1) is 6.33 Å². The maximum atomic E-state index is 13.1. The van der Waals surface area contributed by atoms with Gasteiger partial charge in [-0.3, -0.25) is 4.79 Å². The van der Waals surface area contributed by atoms with Gasteiger partial charge >= 0.3 is 0 Å². The molecule has 0 radical (unpaired) electrons. The van der Waals surface area contributed by atoms with Crippen LogP contribution in [0, 0.1) is 5.82 Å². The van der Waals surface area contributed by atoms with Crippen LogP contribution in [-0.4, -0.2) is 22.5 Å². The van der Waals surface area contributed by atoms with Crippen molar-refractivity contribution >= 4 is 17.4 Å². The molecule has 0 aliphatic rings.